The summed E-state index contributed by atoms with van der Waals surface area (Å²) in [5, 5.41) is 8.96. The van der Waals surface area contributed by atoms with Gasteiger partial charge in [0.2, 0.25) is 0 Å². The molecule has 0 aliphatic heterocycles. The number of aromatic nitrogens is 1. The Morgan fingerprint density at radius 2 is 1.90 bits per heavy atom. The summed E-state index contributed by atoms with van der Waals surface area (Å²) in [4.78, 5) is 14.9. The first-order valence-corrected chi connectivity index (χ1v) is 8.89. The van der Waals surface area contributed by atoms with E-state index < -0.39 is 15.8 Å². The number of carbonyl (C=O) groups is 1. The standard InChI is InChI=1S/C13H9Br2NO4S/c14-9-2-3-10(16-6-9)7-21(19,20)12-5-8(13(17)18)1-4-11(12)15/h1-6H,7H2,(H,17,18). The van der Waals surface area contributed by atoms with E-state index in [-0.39, 0.29) is 16.2 Å². The molecule has 1 aromatic carbocycles. The van der Waals surface area contributed by atoms with Gasteiger partial charge in [-0.15, -0.1) is 0 Å². The van der Waals surface area contributed by atoms with Gasteiger partial charge in [-0.2, -0.15) is 0 Å². The number of aromatic carboxylic acids is 1. The number of sulfone groups is 1. The van der Waals surface area contributed by atoms with Gasteiger partial charge in [0.05, 0.1) is 21.9 Å². The summed E-state index contributed by atoms with van der Waals surface area (Å²) in [6, 6.07) is 7.17. The molecule has 0 radical (unpaired) electrons. The van der Waals surface area contributed by atoms with Gasteiger partial charge >= 0.3 is 5.97 Å². The van der Waals surface area contributed by atoms with Crippen LogP contribution in [0.15, 0.2) is 50.4 Å². The van der Waals surface area contributed by atoms with E-state index in [1.54, 1.807) is 12.1 Å². The smallest absolute Gasteiger partial charge is 0.335 e. The normalized spacial score (nSPS) is 11.3. The van der Waals surface area contributed by atoms with Crippen LogP contribution in [0.25, 0.3) is 0 Å². The minimum absolute atomic E-state index is 0.0629. The summed E-state index contributed by atoms with van der Waals surface area (Å²) in [5.74, 6) is -1.48. The minimum atomic E-state index is -3.70. The van der Waals surface area contributed by atoms with Gasteiger partial charge in [0.15, 0.2) is 9.84 Å². The number of rotatable bonds is 4. The number of nitrogens with zero attached hydrogens (tertiary/aromatic N) is 1. The van der Waals surface area contributed by atoms with Gasteiger partial charge in [0.1, 0.15) is 0 Å². The van der Waals surface area contributed by atoms with E-state index in [0.29, 0.717) is 10.2 Å². The van der Waals surface area contributed by atoms with Gasteiger partial charge in [-0.05, 0) is 62.2 Å². The lowest BCUT2D eigenvalue weighted by Crippen LogP contribution is -2.09. The van der Waals surface area contributed by atoms with Crippen LogP contribution in [-0.2, 0) is 15.6 Å². The predicted molar refractivity (Wildman–Crippen MR) is 83.9 cm³/mol. The van der Waals surface area contributed by atoms with E-state index in [9.17, 15) is 13.2 Å². The Balaban J connectivity index is 2.41. The van der Waals surface area contributed by atoms with Crippen molar-refractivity contribution in [1.29, 1.82) is 0 Å². The van der Waals surface area contributed by atoms with Gasteiger partial charge in [-0.3, -0.25) is 4.98 Å². The molecule has 0 bridgehead atoms. The van der Waals surface area contributed by atoms with Crippen LogP contribution in [0.2, 0.25) is 0 Å². The van der Waals surface area contributed by atoms with Gasteiger partial charge in [-0.25, -0.2) is 13.2 Å². The first kappa shape index (κ1) is 16.1. The second-order valence-electron chi connectivity index (χ2n) is 4.18. The molecule has 0 aliphatic carbocycles. The third kappa shape index (κ3) is 3.90. The Hall–Kier alpha value is -1.25. The highest BCUT2D eigenvalue weighted by Gasteiger charge is 2.21. The highest BCUT2D eigenvalue weighted by Crippen LogP contribution is 2.26. The summed E-state index contributed by atoms with van der Waals surface area (Å²) >= 11 is 6.36. The van der Waals surface area contributed by atoms with Crippen LogP contribution in [-0.4, -0.2) is 24.5 Å². The molecule has 8 heteroatoms. The molecule has 0 fully saturated rings. The zero-order chi connectivity index (χ0) is 15.6. The van der Waals surface area contributed by atoms with Crippen molar-refractivity contribution in [1.82, 2.24) is 4.98 Å². The van der Waals surface area contributed by atoms with Crippen LogP contribution in [0.1, 0.15) is 16.1 Å². The van der Waals surface area contributed by atoms with Crippen molar-refractivity contribution in [2.75, 3.05) is 0 Å². The third-order valence-electron chi connectivity index (χ3n) is 2.64. The van der Waals surface area contributed by atoms with E-state index in [0.717, 1.165) is 10.5 Å². The highest BCUT2D eigenvalue weighted by molar-refractivity contribution is 9.10. The molecule has 1 heterocycles. The number of hydrogen-bond acceptors (Lipinski definition) is 4. The fraction of sp³-hybridized carbons (Fsp3) is 0.0769. The van der Waals surface area contributed by atoms with Crippen LogP contribution in [0.3, 0.4) is 0 Å². The Morgan fingerprint density at radius 3 is 2.48 bits per heavy atom. The summed E-state index contributed by atoms with van der Waals surface area (Å²) in [5.41, 5.74) is 0.298. The van der Waals surface area contributed by atoms with E-state index in [1.807, 2.05) is 0 Å². The average Bonchev–Trinajstić information content (AvgIpc) is 2.41. The Labute approximate surface area is 138 Å². The molecule has 0 saturated carbocycles. The lowest BCUT2D eigenvalue weighted by atomic mass is 10.2. The van der Waals surface area contributed by atoms with E-state index in [1.165, 1.54) is 18.3 Å². The van der Waals surface area contributed by atoms with Crippen molar-refractivity contribution in [3.05, 3.63) is 56.7 Å². The second-order valence-corrected chi connectivity index (χ2v) is 7.91. The number of benzene rings is 1. The topological polar surface area (TPSA) is 84.3 Å². The van der Waals surface area contributed by atoms with Crippen LogP contribution in [0, 0.1) is 0 Å². The number of carboxylic acids is 1. The maximum atomic E-state index is 12.4. The molecule has 0 atom stereocenters. The molecule has 1 N–H and O–H groups in total. The second kappa shape index (κ2) is 6.25. The average molecular weight is 435 g/mol. The van der Waals surface area contributed by atoms with Crippen molar-refractivity contribution >= 4 is 47.7 Å². The lowest BCUT2D eigenvalue weighted by Gasteiger charge is -2.07. The van der Waals surface area contributed by atoms with E-state index in [4.69, 9.17) is 5.11 Å². The van der Waals surface area contributed by atoms with Crippen molar-refractivity contribution in [3.8, 4) is 0 Å². The monoisotopic (exact) mass is 433 g/mol. The largest absolute Gasteiger partial charge is 0.478 e. The first-order chi connectivity index (χ1) is 9.79. The van der Waals surface area contributed by atoms with Crippen LogP contribution in [0.5, 0.6) is 0 Å². The molecule has 0 aliphatic rings. The molecule has 110 valence electrons. The molecule has 0 unspecified atom stereocenters. The number of pyridine rings is 1. The van der Waals surface area contributed by atoms with Crippen molar-refractivity contribution in [2.45, 2.75) is 10.6 Å². The van der Waals surface area contributed by atoms with Crippen molar-refractivity contribution in [2.24, 2.45) is 0 Å². The molecule has 0 spiro atoms. The van der Waals surface area contributed by atoms with Crippen LogP contribution in [0.4, 0.5) is 0 Å². The van der Waals surface area contributed by atoms with Gasteiger partial charge in [0.25, 0.3) is 0 Å². The first-order valence-electron chi connectivity index (χ1n) is 5.65. The van der Waals surface area contributed by atoms with Gasteiger partial charge in [-0.1, -0.05) is 0 Å². The minimum Gasteiger partial charge on any atom is -0.478 e. The Morgan fingerprint density at radius 1 is 1.19 bits per heavy atom. The number of carboxylic acid groups (broad SMARTS) is 1. The number of halogens is 2. The lowest BCUT2D eigenvalue weighted by molar-refractivity contribution is 0.0696. The molecule has 2 aromatic rings. The number of hydrogen-bond donors (Lipinski definition) is 1. The predicted octanol–water partition coefficient (Wildman–Crippen LogP) is 3.28. The zero-order valence-electron chi connectivity index (χ0n) is 10.5. The molecule has 0 saturated heterocycles. The molecular weight excluding hydrogens is 426 g/mol. The summed E-state index contributed by atoms with van der Waals surface area (Å²) in [7, 11) is -3.70. The van der Waals surface area contributed by atoms with Gasteiger partial charge in [0, 0.05) is 15.1 Å². The van der Waals surface area contributed by atoms with Gasteiger partial charge < -0.3 is 5.11 Å². The maximum Gasteiger partial charge on any atom is 0.335 e. The fourth-order valence-electron chi connectivity index (χ4n) is 1.64. The maximum absolute atomic E-state index is 12.4. The summed E-state index contributed by atoms with van der Waals surface area (Å²) in [6.45, 7) is 0. The molecule has 5 nitrogen and oxygen atoms in total. The summed E-state index contributed by atoms with van der Waals surface area (Å²) in [6.07, 6.45) is 1.51. The zero-order valence-corrected chi connectivity index (χ0v) is 14.4. The summed E-state index contributed by atoms with van der Waals surface area (Å²) < 4.78 is 25.9. The van der Waals surface area contributed by atoms with Crippen LogP contribution >= 0.6 is 31.9 Å². The SMILES string of the molecule is O=C(O)c1ccc(Br)c(S(=O)(=O)Cc2ccc(Br)cn2)c1. The third-order valence-corrected chi connectivity index (χ3v) is 5.75. The quantitative estimate of drug-likeness (QED) is 0.798. The van der Waals surface area contributed by atoms with Crippen LogP contribution < -0.4 is 0 Å². The molecule has 2 rings (SSSR count). The molecule has 21 heavy (non-hydrogen) atoms. The molecule has 1 aromatic heterocycles. The molecular formula is C13H9Br2NO4S. The highest BCUT2D eigenvalue weighted by atomic mass is 79.9. The van der Waals surface area contributed by atoms with E-state index in [2.05, 4.69) is 36.8 Å². The van der Waals surface area contributed by atoms with Crippen molar-refractivity contribution < 1.29 is 18.3 Å². The Bertz CT molecular complexity index is 788. The fourth-order valence-corrected chi connectivity index (χ4v) is 4.25. The van der Waals surface area contributed by atoms with Crippen molar-refractivity contribution in [3.63, 3.8) is 0 Å². The molecule has 0 amide bonds. The van der Waals surface area contributed by atoms with E-state index >= 15 is 0 Å². The Kier molecular flexibility index (Phi) is 4.80.